The lowest BCUT2D eigenvalue weighted by molar-refractivity contribution is -0.251. The van der Waals surface area contributed by atoms with Crippen molar-refractivity contribution in [3.05, 3.63) is 104 Å². The highest BCUT2D eigenvalue weighted by atomic mass is 28.4. The van der Waals surface area contributed by atoms with Crippen LogP contribution in [0.3, 0.4) is 0 Å². The lowest BCUT2D eigenvalue weighted by Crippen LogP contribution is -2.55. The van der Waals surface area contributed by atoms with Gasteiger partial charge < -0.3 is 18.6 Å². The first-order chi connectivity index (χ1) is 19.2. The van der Waals surface area contributed by atoms with Crippen molar-refractivity contribution < 1.29 is 28.2 Å². The molecule has 10 nitrogen and oxygen atoms in total. The summed E-state index contributed by atoms with van der Waals surface area (Å²) in [6, 6.07) is 16.8. The Hall–Kier alpha value is -3.80. The number of carbonyl (C=O) groups excluding carboxylic acids is 2. The average Bonchev–Trinajstić information content (AvgIpc) is 3.26. The van der Waals surface area contributed by atoms with Crippen molar-refractivity contribution in [1.82, 2.24) is 9.55 Å². The fourth-order valence-electron chi connectivity index (χ4n) is 4.22. The van der Waals surface area contributed by atoms with Crippen LogP contribution in [0.1, 0.15) is 59.7 Å². The Morgan fingerprint density at radius 2 is 1.56 bits per heavy atom. The maximum absolute atomic E-state index is 13.4. The number of rotatable bonds is 8. The van der Waals surface area contributed by atoms with Gasteiger partial charge in [-0.1, -0.05) is 57.2 Å². The molecule has 0 radical (unpaired) electrons. The van der Waals surface area contributed by atoms with Crippen LogP contribution in [-0.4, -0.2) is 48.3 Å². The summed E-state index contributed by atoms with van der Waals surface area (Å²) in [4.78, 5) is 53.6. The van der Waals surface area contributed by atoms with Gasteiger partial charge in [-0.25, -0.2) is 14.4 Å². The maximum Gasteiger partial charge on any atom is 0.340 e. The van der Waals surface area contributed by atoms with E-state index in [4.69, 9.17) is 18.6 Å². The van der Waals surface area contributed by atoms with Crippen LogP contribution < -0.4 is 11.2 Å². The summed E-state index contributed by atoms with van der Waals surface area (Å²) in [5, 5.41) is -0.230. The van der Waals surface area contributed by atoms with Gasteiger partial charge in [-0.05, 0) is 49.3 Å². The van der Waals surface area contributed by atoms with Crippen LogP contribution in [0.2, 0.25) is 18.1 Å². The zero-order valence-electron chi connectivity index (χ0n) is 24.1. The molecule has 0 unspecified atom stereocenters. The molecule has 1 N–H and O–H groups in total. The van der Waals surface area contributed by atoms with Crippen LogP contribution in [0.4, 0.5) is 0 Å². The van der Waals surface area contributed by atoms with Crippen LogP contribution in [-0.2, 0) is 18.6 Å². The molecule has 2 aromatic carbocycles. The summed E-state index contributed by atoms with van der Waals surface area (Å²) < 4.78 is 26.1. The number of aromatic nitrogens is 2. The number of aryl methyl sites for hydroxylation is 1. The van der Waals surface area contributed by atoms with Gasteiger partial charge in [0, 0.05) is 18.2 Å². The molecule has 1 aliphatic rings. The van der Waals surface area contributed by atoms with Crippen molar-refractivity contribution >= 4 is 20.3 Å². The standard InChI is InChI=1S/C30H36N2O8Si/c1-20-18-32(28(36)31-25(20)33)24-17-23(40-41(5,6)29(2,3)4)30(38-24,39-27(35)22-15-11-8-12-16-22)19-37-26(34)21-13-9-7-10-14-21/h7-16,18,23-24H,17,19H2,1-6H3,(H,31,33,36)/t23-,24-,30+/m1/s1. The number of carbonyl (C=O) groups is 2. The number of ether oxygens (including phenoxy) is 3. The minimum absolute atomic E-state index is 0.0862. The van der Waals surface area contributed by atoms with Gasteiger partial charge in [0.25, 0.3) is 11.3 Å². The molecule has 0 saturated carbocycles. The van der Waals surface area contributed by atoms with Crippen LogP contribution in [0, 0.1) is 6.92 Å². The molecule has 1 fully saturated rings. The fourth-order valence-corrected chi connectivity index (χ4v) is 5.56. The molecule has 1 aromatic heterocycles. The second-order valence-corrected chi connectivity index (χ2v) is 16.4. The van der Waals surface area contributed by atoms with E-state index in [0.717, 1.165) is 0 Å². The van der Waals surface area contributed by atoms with Crippen molar-refractivity contribution in [3.8, 4) is 0 Å². The summed E-state index contributed by atoms with van der Waals surface area (Å²) in [6.07, 6.45) is -0.432. The smallest absolute Gasteiger partial charge is 0.340 e. The molecule has 1 aliphatic heterocycles. The van der Waals surface area contributed by atoms with E-state index in [-0.39, 0.29) is 17.0 Å². The van der Waals surface area contributed by atoms with Gasteiger partial charge in [-0.2, -0.15) is 0 Å². The van der Waals surface area contributed by atoms with Crippen LogP contribution in [0.15, 0.2) is 76.4 Å². The van der Waals surface area contributed by atoms with E-state index in [2.05, 4.69) is 25.8 Å². The highest BCUT2D eigenvalue weighted by Crippen LogP contribution is 2.45. The average molecular weight is 581 g/mol. The predicted octanol–water partition coefficient (Wildman–Crippen LogP) is 4.56. The van der Waals surface area contributed by atoms with Gasteiger partial charge in [0.15, 0.2) is 14.9 Å². The highest BCUT2D eigenvalue weighted by molar-refractivity contribution is 6.74. The van der Waals surface area contributed by atoms with Gasteiger partial charge in [0.2, 0.25) is 0 Å². The molecule has 0 spiro atoms. The topological polar surface area (TPSA) is 126 Å². The summed E-state index contributed by atoms with van der Waals surface area (Å²) in [5.74, 6) is -3.26. The van der Waals surface area contributed by atoms with Gasteiger partial charge in [-0.3, -0.25) is 14.3 Å². The van der Waals surface area contributed by atoms with Gasteiger partial charge in [0.1, 0.15) is 12.3 Å². The summed E-state index contributed by atoms with van der Waals surface area (Å²) >= 11 is 0. The number of hydrogen-bond donors (Lipinski definition) is 1. The van der Waals surface area contributed by atoms with Gasteiger partial charge in [0.05, 0.1) is 11.1 Å². The van der Waals surface area contributed by atoms with E-state index in [0.29, 0.717) is 11.1 Å². The summed E-state index contributed by atoms with van der Waals surface area (Å²) in [5.41, 5.74) is -0.346. The van der Waals surface area contributed by atoms with Crippen molar-refractivity contribution in [2.75, 3.05) is 6.61 Å². The van der Waals surface area contributed by atoms with E-state index >= 15 is 0 Å². The van der Waals surface area contributed by atoms with Crippen molar-refractivity contribution in [2.45, 2.75) is 70.4 Å². The minimum Gasteiger partial charge on any atom is -0.455 e. The normalized spacial score (nSPS) is 20.9. The number of nitrogens with zero attached hydrogens (tertiary/aromatic N) is 1. The van der Waals surface area contributed by atoms with Crippen molar-refractivity contribution in [3.63, 3.8) is 0 Å². The lowest BCUT2D eigenvalue weighted by atomic mass is 10.1. The highest BCUT2D eigenvalue weighted by Gasteiger charge is 2.57. The zero-order valence-corrected chi connectivity index (χ0v) is 25.1. The number of aromatic amines is 1. The Kier molecular flexibility index (Phi) is 8.53. The molecule has 218 valence electrons. The quantitative estimate of drug-likeness (QED) is 0.304. The SMILES string of the molecule is Cc1cn([C@H]2C[C@@H](O[Si](C)(C)C(C)(C)C)[C@](COC(=O)c3ccccc3)(OC(=O)c3ccccc3)O2)c(=O)[nH]c1=O. The number of esters is 2. The Balaban J connectivity index is 1.79. The first-order valence-corrected chi connectivity index (χ1v) is 16.3. The largest absolute Gasteiger partial charge is 0.455 e. The Labute approximate surface area is 239 Å². The number of nitrogens with one attached hydrogen (secondary N) is 1. The van der Waals surface area contributed by atoms with Crippen LogP contribution in [0.25, 0.3) is 0 Å². The van der Waals surface area contributed by atoms with Crippen LogP contribution in [0.5, 0.6) is 0 Å². The third kappa shape index (κ3) is 6.58. The van der Waals surface area contributed by atoms with Crippen molar-refractivity contribution in [2.24, 2.45) is 0 Å². The summed E-state index contributed by atoms with van der Waals surface area (Å²) in [7, 11) is -2.53. The molecule has 11 heteroatoms. The molecule has 3 atom stereocenters. The molecule has 41 heavy (non-hydrogen) atoms. The third-order valence-corrected chi connectivity index (χ3v) is 12.1. The summed E-state index contributed by atoms with van der Waals surface area (Å²) in [6.45, 7) is 11.3. The molecule has 4 rings (SSSR count). The second kappa shape index (κ2) is 11.6. The molecule has 0 bridgehead atoms. The van der Waals surface area contributed by atoms with E-state index in [1.807, 2.05) is 13.1 Å². The molecule has 2 heterocycles. The molecule has 0 amide bonds. The molecule has 0 aliphatic carbocycles. The van der Waals surface area contributed by atoms with Crippen molar-refractivity contribution in [1.29, 1.82) is 0 Å². The molecule has 1 saturated heterocycles. The van der Waals surface area contributed by atoms with E-state index in [1.54, 1.807) is 67.6 Å². The minimum atomic E-state index is -2.53. The van der Waals surface area contributed by atoms with E-state index in [9.17, 15) is 19.2 Å². The van der Waals surface area contributed by atoms with Gasteiger partial charge >= 0.3 is 17.6 Å². The monoisotopic (exact) mass is 580 g/mol. The first kappa shape index (κ1) is 30.2. The van der Waals surface area contributed by atoms with Crippen LogP contribution >= 0.6 is 0 Å². The first-order valence-electron chi connectivity index (χ1n) is 13.4. The fraction of sp³-hybridized carbons (Fsp3) is 0.400. The molecular weight excluding hydrogens is 544 g/mol. The Morgan fingerprint density at radius 1 is 1.00 bits per heavy atom. The Bertz CT molecular complexity index is 1510. The number of H-pyrrole nitrogens is 1. The number of hydrogen-bond acceptors (Lipinski definition) is 8. The molecule has 3 aromatic rings. The third-order valence-electron chi connectivity index (χ3n) is 7.63. The number of benzene rings is 2. The zero-order chi connectivity index (χ0) is 30.0. The Morgan fingerprint density at radius 3 is 2.12 bits per heavy atom. The molecular formula is C30H36N2O8Si. The maximum atomic E-state index is 13.4. The lowest BCUT2D eigenvalue weighted by Gasteiger charge is -2.42. The van der Waals surface area contributed by atoms with E-state index < -0.39 is 56.2 Å². The van der Waals surface area contributed by atoms with E-state index in [1.165, 1.54) is 10.8 Å². The predicted molar refractivity (Wildman–Crippen MR) is 154 cm³/mol. The second-order valence-electron chi connectivity index (χ2n) is 11.7. The van der Waals surface area contributed by atoms with Gasteiger partial charge in [-0.15, -0.1) is 0 Å².